The van der Waals surface area contributed by atoms with Crippen LogP contribution in [0.3, 0.4) is 0 Å². The summed E-state index contributed by atoms with van der Waals surface area (Å²) >= 11 is 1.85. The lowest BCUT2D eigenvalue weighted by molar-refractivity contribution is -0.131. The number of hydrogen-bond acceptors (Lipinski definition) is 7. The first kappa shape index (κ1) is 19.9. The van der Waals surface area contributed by atoms with Crippen molar-refractivity contribution in [2.45, 2.75) is 25.4 Å². The van der Waals surface area contributed by atoms with Crippen molar-refractivity contribution in [3.05, 3.63) is 36.2 Å². The Morgan fingerprint density at radius 1 is 1.17 bits per heavy atom. The first-order valence-corrected chi connectivity index (χ1v) is 12.0. The van der Waals surface area contributed by atoms with Gasteiger partial charge in [-0.3, -0.25) is 9.69 Å². The average molecular weight is 428 g/mol. The summed E-state index contributed by atoms with van der Waals surface area (Å²) in [5.74, 6) is 4.71. The number of oxazole rings is 1. The highest BCUT2D eigenvalue weighted by Gasteiger charge is 2.37. The van der Waals surface area contributed by atoms with Crippen LogP contribution in [-0.2, 0) is 4.79 Å². The van der Waals surface area contributed by atoms with Gasteiger partial charge in [-0.05, 0) is 6.42 Å². The van der Waals surface area contributed by atoms with Gasteiger partial charge in [0, 0.05) is 63.6 Å². The van der Waals surface area contributed by atoms with E-state index in [0.29, 0.717) is 11.9 Å². The normalized spacial score (nSPS) is 25.2. The second-order valence-electron chi connectivity index (χ2n) is 8.26. The highest BCUT2D eigenvalue weighted by molar-refractivity contribution is 7.99. The van der Waals surface area contributed by atoms with Crippen LogP contribution < -0.4 is 10.2 Å². The maximum atomic E-state index is 12.7. The van der Waals surface area contributed by atoms with Crippen LogP contribution in [0.25, 0.3) is 11.3 Å². The molecular formula is C22H29N5O2S. The van der Waals surface area contributed by atoms with Gasteiger partial charge >= 0.3 is 0 Å². The van der Waals surface area contributed by atoms with Gasteiger partial charge < -0.3 is 19.5 Å². The van der Waals surface area contributed by atoms with Crippen molar-refractivity contribution in [2.75, 3.05) is 55.8 Å². The second kappa shape index (κ2) is 8.61. The summed E-state index contributed by atoms with van der Waals surface area (Å²) in [4.78, 5) is 24.2. The largest absolute Gasteiger partial charge is 0.439 e. The Morgan fingerprint density at radius 2 is 1.97 bits per heavy atom. The molecule has 3 aliphatic heterocycles. The topological polar surface area (TPSA) is 64.9 Å². The first-order chi connectivity index (χ1) is 14.7. The smallest absolute Gasteiger partial charge is 0.240 e. The Labute approximate surface area is 181 Å². The van der Waals surface area contributed by atoms with E-state index >= 15 is 0 Å². The molecule has 3 aliphatic rings. The molecular weight excluding hydrogens is 398 g/mol. The van der Waals surface area contributed by atoms with E-state index in [0.717, 1.165) is 74.5 Å². The number of nitrogens with one attached hydrogen (secondary N) is 1. The van der Waals surface area contributed by atoms with Gasteiger partial charge in [0.15, 0.2) is 17.5 Å². The summed E-state index contributed by atoms with van der Waals surface area (Å²) in [7, 11) is 0. The number of hydrogen-bond donors (Lipinski definition) is 1. The highest BCUT2D eigenvalue weighted by atomic mass is 32.2. The van der Waals surface area contributed by atoms with Gasteiger partial charge in [-0.2, -0.15) is 4.98 Å². The summed E-state index contributed by atoms with van der Waals surface area (Å²) in [6.07, 6.45) is 0.915. The van der Waals surface area contributed by atoms with Crippen LogP contribution in [0.5, 0.6) is 0 Å². The summed E-state index contributed by atoms with van der Waals surface area (Å²) in [6, 6.07) is 10.6. The van der Waals surface area contributed by atoms with Gasteiger partial charge in [-0.1, -0.05) is 30.3 Å². The molecule has 3 fully saturated rings. The highest BCUT2D eigenvalue weighted by Crippen LogP contribution is 2.32. The third kappa shape index (κ3) is 3.96. The van der Waals surface area contributed by atoms with Crippen LogP contribution in [0.4, 0.5) is 5.82 Å². The Hall–Kier alpha value is -2.03. The zero-order valence-corrected chi connectivity index (χ0v) is 18.2. The third-order valence-electron chi connectivity index (χ3n) is 6.35. The lowest BCUT2D eigenvalue weighted by Gasteiger charge is -2.38. The number of carbonyl (C=O) groups excluding carboxylic acids is 1. The number of rotatable bonds is 4. The minimum Gasteiger partial charge on any atom is -0.439 e. The number of amides is 1. The Bertz CT molecular complexity index is 875. The van der Waals surface area contributed by atoms with E-state index in [9.17, 15) is 4.79 Å². The molecule has 30 heavy (non-hydrogen) atoms. The van der Waals surface area contributed by atoms with Gasteiger partial charge in [-0.15, -0.1) is 11.8 Å². The summed E-state index contributed by atoms with van der Waals surface area (Å²) < 4.78 is 5.95. The Kier molecular flexibility index (Phi) is 5.71. The van der Waals surface area contributed by atoms with Crippen molar-refractivity contribution < 1.29 is 9.21 Å². The van der Waals surface area contributed by atoms with Crippen molar-refractivity contribution in [2.24, 2.45) is 0 Å². The molecule has 2 atom stereocenters. The molecule has 0 unspecified atom stereocenters. The monoisotopic (exact) mass is 427 g/mol. The van der Waals surface area contributed by atoms with Crippen LogP contribution >= 0.6 is 11.8 Å². The number of aromatic nitrogens is 1. The molecule has 0 saturated carbocycles. The average Bonchev–Trinajstić information content (AvgIpc) is 3.55. The van der Waals surface area contributed by atoms with Crippen molar-refractivity contribution in [1.82, 2.24) is 20.1 Å². The van der Waals surface area contributed by atoms with E-state index in [2.05, 4.69) is 32.2 Å². The zero-order valence-electron chi connectivity index (χ0n) is 17.4. The minimum absolute atomic E-state index is 0.0189. The van der Waals surface area contributed by atoms with Gasteiger partial charge in [0.1, 0.15) is 0 Å². The molecule has 0 bridgehead atoms. The molecule has 1 amide bonds. The SMILES string of the molecule is Cc1nc(N2CCN([C@@H]3CN[C@H](C(=O)N4CCSC4)C3)CC2)c(-c2ccccc2)o1. The molecule has 8 heteroatoms. The number of anilines is 1. The summed E-state index contributed by atoms with van der Waals surface area (Å²) in [6.45, 7) is 7.50. The second-order valence-corrected chi connectivity index (χ2v) is 9.34. The molecule has 5 rings (SSSR count). The predicted molar refractivity (Wildman–Crippen MR) is 120 cm³/mol. The Morgan fingerprint density at radius 3 is 2.70 bits per heavy atom. The molecule has 1 N–H and O–H groups in total. The zero-order chi connectivity index (χ0) is 20.5. The molecule has 1 aromatic heterocycles. The lowest BCUT2D eigenvalue weighted by atomic mass is 10.1. The fourth-order valence-electron chi connectivity index (χ4n) is 4.70. The molecule has 2 aromatic rings. The van der Waals surface area contributed by atoms with E-state index in [1.54, 1.807) is 0 Å². The van der Waals surface area contributed by atoms with Gasteiger partial charge in [0.25, 0.3) is 0 Å². The molecule has 160 valence electrons. The maximum absolute atomic E-state index is 12.7. The molecule has 4 heterocycles. The van der Waals surface area contributed by atoms with Crippen LogP contribution in [-0.4, -0.2) is 83.7 Å². The van der Waals surface area contributed by atoms with Gasteiger partial charge in [-0.25, -0.2) is 0 Å². The molecule has 7 nitrogen and oxygen atoms in total. The molecule has 0 spiro atoms. The quantitative estimate of drug-likeness (QED) is 0.801. The van der Waals surface area contributed by atoms with E-state index < -0.39 is 0 Å². The van der Waals surface area contributed by atoms with Gasteiger partial charge in [0.05, 0.1) is 11.9 Å². The molecule has 1 aromatic carbocycles. The predicted octanol–water partition coefficient (Wildman–Crippen LogP) is 2.04. The first-order valence-electron chi connectivity index (χ1n) is 10.8. The number of benzene rings is 1. The maximum Gasteiger partial charge on any atom is 0.240 e. The molecule has 0 aliphatic carbocycles. The van der Waals surface area contributed by atoms with E-state index in [1.807, 2.05) is 41.8 Å². The molecule has 3 saturated heterocycles. The Balaban J connectivity index is 1.20. The van der Waals surface area contributed by atoms with Crippen molar-refractivity contribution in [3.8, 4) is 11.3 Å². The number of thioether (sulfide) groups is 1. The van der Waals surface area contributed by atoms with Crippen molar-refractivity contribution in [3.63, 3.8) is 0 Å². The van der Waals surface area contributed by atoms with E-state index in [4.69, 9.17) is 4.42 Å². The van der Waals surface area contributed by atoms with E-state index in [1.165, 1.54) is 0 Å². The number of carbonyl (C=O) groups is 1. The number of piperazine rings is 1. The van der Waals surface area contributed by atoms with Crippen molar-refractivity contribution in [1.29, 1.82) is 0 Å². The van der Waals surface area contributed by atoms with Crippen LogP contribution in [0.15, 0.2) is 34.7 Å². The third-order valence-corrected chi connectivity index (χ3v) is 7.32. The minimum atomic E-state index is -0.0189. The molecule has 0 radical (unpaired) electrons. The van der Waals surface area contributed by atoms with Crippen LogP contribution in [0.1, 0.15) is 12.3 Å². The van der Waals surface area contributed by atoms with Crippen LogP contribution in [0.2, 0.25) is 0 Å². The lowest BCUT2D eigenvalue weighted by Crippen LogP contribution is -2.51. The van der Waals surface area contributed by atoms with E-state index in [-0.39, 0.29) is 11.9 Å². The summed E-state index contributed by atoms with van der Waals surface area (Å²) in [5.41, 5.74) is 1.07. The standard InChI is InChI=1S/C22H29N5O2S/c1-16-24-21(20(29-16)17-5-3-2-4-6-17)26-9-7-25(8-10-26)18-13-19(23-14-18)22(28)27-11-12-30-15-27/h2-6,18-19,23H,7-15H2,1H3/t18-,19-/m0/s1. The van der Waals surface area contributed by atoms with Crippen LogP contribution in [0, 0.1) is 6.92 Å². The number of nitrogens with zero attached hydrogens (tertiary/aromatic N) is 4. The fourth-order valence-corrected chi connectivity index (χ4v) is 5.65. The number of aryl methyl sites for hydroxylation is 1. The van der Waals surface area contributed by atoms with Gasteiger partial charge in [0.2, 0.25) is 5.91 Å². The van der Waals surface area contributed by atoms with Crippen molar-refractivity contribution >= 4 is 23.5 Å². The fraction of sp³-hybridized carbons (Fsp3) is 0.545. The summed E-state index contributed by atoms with van der Waals surface area (Å²) in [5, 5.41) is 3.47.